The lowest BCUT2D eigenvalue weighted by Crippen LogP contribution is -2.10. The molecule has 4 heteroatoms. The van der Waals surface area contributed by atoms with E-state index in [4.69, 9.17) is 4.74 Å². The van der Waals surface area contributed by atoms with Crippen LogP contribution in [0.4, 0.5) is 0 Å². The summed E-state index contributed by atoms with van der Waals surface area (Å²) in [5.41, 5.74) is 2.39. The molecule has 0 radical (unpaired) electrons. The van der Waals surface area contributed by atoms with Gasteiger partial charge in [-0.15, -0.1) is 0 Å². The van der Waals surface area contributed by atoms with Crippen molar-refractivity contribution >= 4 is 0 Å². The molecule has 2 rings (SSSR count). The predicted octanol–water partition coefficient (Wildman–Crippen LogP) is 2.36. The summed E-state index contributed by atoms with van der Waals surface area (Å²) in [6.45, 7) is 0. The maximum absolute atomic E-state index is 10.0. The minimum atomic E-state index is -0.271. The second-order valence-corrected chi connectivity index (χ2v) is 5.03. The third-order valence-electron chi connectivity index (χ3n) is 3.58. The minimum absolute atomic E-state index is 0.271. The summed E-state index contributed by atoms with van der Waals surface area (Å²) in [6.07, 6.45) is 4.82. The molecule has 1 atom stereocenters. The highest BCUT2D eigenvalue weighted by Gasteiger charge is 2.07. The van der Waals surface area contributed by atoms with E-state index in [1.54, 1.807) is 13.3 Å². The molecule has 0 aliphatic carbocycles. The van der Waals surface area contributed by atoms with Crippen molar-refractivity contribution < 1.29 is 9.84 Å². The lowest BCUT2D eigenvalue weighted by molar-refractivity contribution is 0.154. The number of aryl methyl sites for hydroxylation is 3. The number of rotatable bonds is 7. The van der Waals surface area contributed by atoms with Crippen LogP contribution >= 0.6 is 0 Å². The van der Waals surface area contributed by atoms with Crippen LogP contribution in [0.2, 0.25) is 0 Å². The molecule has 108 valence electrons. The monoisotopic (exact) mass is 274 g/mol. The lowest BCUT2D eigenvalue weighted by Gasteiger charge is -2.11. The number of benzene rings is 1. The number of hydrogen-bond acceptors (Lipinski definition) is 3. The van der Waals surface area contributed by atoms with Crippen LogP contribution in [0, 0.1) is 0 Å². The number of nitrogens with zero attached hydrogens (tertiary/aromatic N) is 2. The highest BCUT2D eigenvalue weighted by atomic mass is 16.5. The van der Waals surface area contributed by atoms with E-state index >= 15 is 0 Å². The van der Waals surface area contributed by atoms with Crippen molar-refractivity contribution in [2.45, 2.75) is 31.8 Å². The summed E-state index contributed by atoms with van der Waals surface area (Å²) >= 11 is 0. The summed E-state index contributed by atoms with van der Waals surface area (Å²) in [6, 6.07) is 10.0. The van der Waals surface area contributed by atoms with Gasteiger partial charge in [-0.05, 0) is 49.4 Å². The Bertz CT molecular complexity index is 520. The highest BCUT2D eigenvalue weighted by Crippen LogP contribution is 2.14. The van der Waals surface area contributed by atoms with E-state index in [1.165, 1.54) is 5.56 Å². The Kier molecular flexibility index (Phi) is 5.18. The summed E-state index contributed by atoms with van der Waals surface area (Å²) in [7, 11) is 3.59. The van der Waals surface area contributed by atoms with Gasteiger partial charge in [0, 0.05) is 18.9 Å². The zero-order chi connectivity index (χ0) is 14.4. The van der Waals surface area contributed by atoms with Crippen LogP contribution in [0.1, 0.15) is 24.1 Å². The van der Waals surface area contributed by atoms with Crippen molar-refractivity contribution in [3.05, 3.63) is 47.8 Å². The first-order chi connectivity index (χ1) is 9.69. The fourth-order valence-corrected chi connectivity index (χ4v) is 2.23. The van der Waals surface area contributed by atoms with Crippen molar-refractivity contribution in [2.24, 2.45) is 7.05 Å². The molecule has 1 aromatic carbocycles. The normalized spacial score (nSPS) is 12.3. The SMILES string of the molecule is COc1ccc(CCC(O)CCc2ccnn2C)cc1. The average molecular weight is 274 g/mol. The maximum atomic E-state index is 10.0. The van der Waals surface area contributed by atoms with Gasteiger partial charge in [-0.1, -0.05) is 12.1 Å². The van der Waals surface area contributed by atoms with Crippen molar-refractivity contribution in [3.63, 3.8) is 0 Å². The van der Waals surface area contributed by atoms with Crippen LogP contribution < -0.4 is 4.74 Å². The molecule has 1 unspecified atom stereocenters. The summed E-state index contributed by atoms with van der Waals surface area (Å²) in [5, 5.41) is 14.2. The van der Waals surface area contributed by atoms with E-state index in [9.17, 15) is 5.11 Å². The van der Waals surface area contributed by atoms with Gasteiger partial charge in [-0.3, -0.25) is 4.68 Å². The number of hydrogen-bond donors (Lipinski definition) is 1. The summed E-state index contributed by atoms with van der Waals surface area (Å²) < 4.78 is 6.99. The van der Waals surface area contributed by atoms with Gasteiger partial charge in [-0.25, -0.2) is 0 Å². The number of methoxy groups -OCH3 is 1. The number of aromatic nitrogens is 2. The van der Waals surface area contributed by atoms with Gasteiger partial charge in [-0.2, -0.15) is 5.10 Å². The average Bonchev–Trinajstić information content (AvgIpc) is 2.89. The summed E-state index contributed by atoms with van der Waals surface area (Å²) in [5.74, 6) is 0.866. The van der Waals surface area contributed by atoms with Gasteiger partial charge in [0.15, 0.2) is 0 Å². The lowest BCUT2D eigenvalue weighted by atomic mass is 10.0. The molecule has 2 aromatic rings. The number of aliphatic hydroxyl groups is 1. The number of aliphatic hydroxyl groups excluding tert-OH is 1. The van der Waals surface area contributed by atoms with Crippen molar-refractivity contribution in [2.75, 3.05) is 7.11 Å². The van der Waals surface area contributed by atoms with Crippen molar-refractivity contribution in [1.29, 1.82) is 0 Å². The van der Waals surface area contributed by atoms with E-state index in [1.807, 2.05) is 42.1 Å². The quantitative estimate of drug-likeness (QED) is 0.843. The first-order valence-corrected chi connectivity index (χ1v) is 6.97. The van der Waals surface area contributed by atoms with Gasteiger partial charge in [0.2, 0.25) is 0 Å². The Morgan fingerprint density at radius 2 is 1.85 bits per heavy atom. The van der Waals surface area contributed by atoms with Gasteiger partial charge >= 0.3 is 0 Å². The van der Waals surface area contributed by atoms with Crippen LogP contribution in [0.25, 0.3) is 0 Å². The summed E-state index contributed by atoms with van der Waals surface area (Å²) in [4.78, 5) is 0. The van der Waals surface area contributed by atoms with Gasteiger partial charge in [0.25, 0.3) is 0 Å². The van der Waals surface area contributed by atoms with Crippen molar-refractivity contribution in [1.82, 2.24) is 9.78 Å². The van der Waals surface area contributed by atoms with Crippen LogP contribution in [-0.4, -0.2) is 28.1 Å². The predicted molar refractivity (Wildman–Crippen MR) is 78.9 cm³/mol. The van der Waals surface area contributed by atoms with E-state index in [0.29, 0.717) is 0 Å². The Morgan fingerprint density at radius 3 is 2.45 bits per heavy atom. The van der Waals surface area contributed by atoms with Gasteiger partial charge in [0.05, 0.1) is 13.2 Å². The third-order valence-corrected chi connectivity index (χ3v) is 3.58. The van der Waals surface area contributed by atoms with Crippen molar-refractivity contribution in [3.8, 4) is 5.75 Å². The largest absolute Gasteiger partial charge is 0.497 e. The zero-order valence-electron chi connectivity index (χ0n) is 12.1. The Labute approximate surface area is 120 Å². The van der Waals surface area contributed by atoms with Crippen LogP contribution in [0.5, 0.6) is 5.75 Å². The molecule has 0 amide bonds. The molecule has 0 saturated carbocycles. The van der Waals surface area contributed by atoms with Crippen LogP contribution in [0.3, 0.4) is 0 Å². The Morgan fingerprint density at radius 1 is 1.15 bits per heavy atom. The molecular weight excluding hydrogens is 252 g/mol. The molecule has 0 aliphatic rings. The van der Waals surface area contributed by atoms with E-state index in [2.05, 4.69) is 5.10 Å². The molecule has 0 aliphatic heterocycles. The second-order valence-electron chi connectivity index (χ2n) is 5.03. The zero-order valence-corrected chi connectivity index (χ0v) is 12.1. The molecule has 0 bridgehead atoms. The van der Waals surface area contributed by atoms with E-state index in [-0.39, 0.29) is 6.10 Å². The topological polar surface area (TPSA) is 47.3 Å². The smallest absolute Gasteiger partial charge is 0.118 e. The van der Waals surface area contributed by atoms with Crippen LogP contribution in [-0.2, 0) is 19.9 Å². The molecule has 1 heterocycles. The molecule has 20 heavy (non-hydrogen) atoms. The molecular formula is C16H22N2O2. The first kappa shape index (κ1) is 14.6. The third kappa shape index (κ3) is 4.10. The standard InChI is InChI=1S/C16H22N2O2/c1-18-14(11-12-17-18)6-8-15(19)7-3-13-4-9-16(20-2)10-5-13/h4-5,9-12,15,19H,3,6-8H2,1-2H3. The fourth-order valence-electron chi connectivity index (χ4n) is 2.23. The van der Waals surface area contributed by atoms with Gasteiger partial charge < -0.3 is 9.84 Å². The Balaban J connectivity index is 1.74. The molecule has 0 saturated heterocycles. The minimum Gasteiger partial charge on any atom is -0.497 e. The molecule has 0 fully saturated rings. The highest BCUT2D eigenvalue weighted by molar-refractivity contribution is 5.27. The Hall–Kier alpha value is -1.81. The maximum Gasteiger partial charge on any atom is 0.118 e. The molecule has 1 aromatic heterocycles. The number of ether oxygens (including phenoxy) is 1. The molecule has 1 N–H and O–H groups in total. The molecule has 4 nitrogen and oxygen atoms in total. The molecule has 0 spiro atoms. The van der Waals surface area contributed by atoms with Gasteiger partial charge in [0.1, 0.15) is 5.75 Å². The van der Waals surface area contributed by atoms with E-state index in [0.717, 1.165) is 37.1 Å². The first-order valence-electron chi connectivity index (χ1n) is 6.97. The van der Waals surface area contributed by atoms with Crippen LogP contribution in [0.15, 0.2) is 36.5 Å². The van der Waals surface area contributed by atoms with E-state index < -0.39 is 0 Å². The fraction of sp³-hybridized carbons (Fsp3) is 0.438. The second kappa shape index (κ2) is 7.10.